The molecule has 88 valence electrons. The van der Waals surface area contributed by atoms with Crippen LogP contribution in [0, 0.1) is 6.92 Å². The second kappa shape index (κ2) is 4.90. The molecule has 0 atom stereocenters. The Kier molecular flexibility index (Phi) is 3.50. The summed E-state index contributed by atoms with van der Waals surface area (Å²) in [5.41, 5.74) is 1.49. The number of halogens is 2. The van der Waals surface area contributed by atoms with E-state index in [-0.39, 0.29) is 0 Å². The second-order valence-electron chi connectivity index (χ2n) is 3.49. The van der Waals surface area contributed by atoms with Crippen LogP contribution in [0.3, 0.4) is 0 Å². The van der Waals surface area contributed by atoms with Crippen LogP contribution < -0.4 is 4.74 Å². The first kappa shape index (κ1) is 12.1. The molecule has 1 aromatic heterocycles. The van der Waals surface area contributed by atoms with Crippen molar-refractivity contribution in [3.63, 3.8) is 0 Å². The van der Waals surface area contributed by atoms with Crippen molar-refractivity contribution >= 4 is 23.2 Å². The summed E-state index contributed by atoms with van der Waals surface area (Å²) in [6.07, 6.45) is 0. The van der Waals surface area contributed by atoms with Crippen LogP contribution in [0.15, 0.2) is 24.3 Å². The number of hydrogen-bond acceptors (Lipinski definition) is 3. The fraction of sp³-hybridized carbons (Fsp3) is 0.167. The van der Waals surface area contributed by atoms with Crippen LogP contribution in [0.5, 0.6) is 5.75 Å². The summed E-state index contributed by atoms with van der Waals surface area (Å²) < 4.78 is 5.14. The van der Waals surface area contributed by atoms with Crippen molar-refractivity contribution < 1.29 is 4.74 Å². The van der Waals surface area contributed by atoms with E-state index in [2.05, 4.69) is 9.97 Å². The summed E-state index contributed by atoms with van der Waals surface area (Å²) in [6, 6.07) is 7.41. The lowest BCUT2D eigenvalue weighted by Gasteiger charge is -2.06. The molecule has 0 saturated heterocycles. The average molecular weight is 269 g/mol. The number of nitrogens with zero attached hydrogens (tertiary/aromatic N) is 2. The zero-order valence-corrected chi connectivity index (χ0v) is 10.9. The van der Waals surface area contributed by atoms with Crippen LogP contribution in [-0.2, 0) is 0 Å². The summed E-state index contributed by atoms with van der Waals surface area (Å²) in [6.45, 7) is 1.78. The summed E-state index contributed by atoms with van der Waals surface area (Å²) >= 11 is 12.0. The number of rotatable bonds is 2. The third-order valence-corrected chi connectivity index (χ3v) is 3.09. The van der Waals surface area contributed by atoms with Crippen LogP contribution in [0.25, 0.3) is 11.4 Å². The highest BCUT2D eigenvalue weighted by molar-refractivity contribution is 6.34. The molecule has 0 spiro atoms. The number of hydrogen-bond donors (Lipinski definition) is 0. The fourth-order valence-electron chi connectivity index (χ4n) is 1.36. The molecule has 0 aliphatic carbocycles. The summed E-state index contributed by atoms with van der Waals surface area (Å²) in [7, 11) is 1.61. The van der Waals surface area contributed by atoms with E-state index < -0.39 is 0 Å². The van der Waals surface area contributed by atoms with Gasteiger partial charge in [0, 0.05) is 11.1 Å². The molecular formula is C12H10Cl2N2O. The van der Waals surface area contributed by atoms with Crippen molar-refractivity contribution in [1.82, 2.24) is 9.97 Å². The monoisotopic (exact) mass is 268 g/mol. The Morgan fingerprint density at radius 1 is 1.12 bits per heavy atom. The minimum atomic E-state index is 0.364. The van der Waals surface area contributed by atoms with E-state index in [1.807, 2.05) is 24.3 Å². The third kappa shape index (κ3) is 2.51. The molecule has 0 amide bonds. The van der Waals surface area contributed by atoms with Crippen molar-refractivity contribution in [3.05, 3.63) is 40.1 Å². The number of ether oxygens (including phenoxy) is 1. The molecule has 2 rings (SSSR count). The van der Waals surface area contributed by atoms with Crippen molar-refractivity contribution in [2.75, 3.05) is 7.11 Å². The Labute approximate surface area is 109 Å². The van der Waals surface area contributed by atoms with Crippen molar-refractivity contribution in [2.45, 2.75) is 6.92 Å². The zero-order valence-electron chi connectivity index (χ0n) is 9.37. The predicted molar refractivity (Wildman–Crippen MR) is 68.8 cm³/mol. The van der Waals surface area contributed by atoms with E-state index in [4.69, 9.17) is 27.9 Å². The first-order valence-electron chi connectivity index (χ1n) is 4.96. The van der Waals surface area contributed by atoms with E-state index in [1.165, 1.54) is 0 Å². The molecular weight excluding hydrogens is 259 g/mol. The molecule has 0 aliphatic rings. The van der Waals surface area contributed by atoms with Crippen molar-refractivity contribution in [2.24, 2.45) is 0 Å². The molecule has 1 aromatic carbocycles. The molecule has 0 N–H and O–H groups in total. The van der Waals surface area contributed by atoms with Crippen LogP contribution in [0.4, 0.5) is 0 Å². The van der Waals surface area contributed by atoms with Crippen LogP contribution >= 0.6 is 23.2 Å². The number of benzene rings is 1. The molecule has 5 heteroatoms. The van der Waals surface area contributed by atoms with Gasteiger partial charge in [-0.05, 0) is 19.1 Å². The normalized spacial score (nSPS) is 10.4. The third-order valence-electron chi connectivity index (χ3n) is 2.35. The molecule has 0 fully saturated rings. The lowest BCUT2D eigenvalue weighted by molar-refractivity contribution is 0.415. The minimum Gasteiger partial charge on any atom is -0.497 e. The van der Waals surface area contributed by atoms with Gasteiger partial charge in [0.25, 0.3) is 0 Å². The Morgan fingerprint density at radius 2 is 1.76 bits per heavy atom. The van der Waals surface area contributed by atoms with Crippen molar-refractivity contribution in [3.8, 4) is 17.1 Å². The van der Waals surface area contributed by atoms with Gasteiger partial charge in [0.2, 0.25) is 0 Å². The van der Waals surface area contributed by atoms with Gasteiger partial charge in [-0.1, -0.05) is 35.3 Å². The maximum absolute atomic E-state index is 5.98. The predicted octanol–water partition coefficient (Wildman–Crippen LogP) is 3.77. The number of aromatic nitrogens is 2. The molecule has 2 aromatic rings. The molecule has 0 aliphatic heterocycles. The molecule has 1 heterocycles. The van der Waals surface area contributed by atoms with Gasteiger partial charge in [-0.3, -0.25) is 0 Å². The topological polar surface area (TPSA) is 35.0 Å². The minimum absolute atomic E-state index is 0.364. The Hall–Kier alpha value is -1.32. The summed E-state index contributed by atoms with van der Waals surface area (Å²) in [5.74, 6) is 1.23. The van der Waals surface area contributed by atoms with Gasteiger partial charge in [0.05, 0.1) is 7.11 Å². The lowest BCUT2D eigenvalue weighted by Crippen LogP contribution is -1.94. The van der Waals surface area contributed by atoms with Crippen LogP contribution in [-0.4, -0.2) is 17.1 Å². The molecule has 0 unspecified atom stereocenters. The van der Waals surface area contributed by atoms with Gasteiger partial charge in [-0.25, -0.2) is 9.97 Å². The fourth-order valence-corrected chi connectivity index (χ4v) is 1.74. The summed E-state index contributed by atoms with van der Waals surface area (Å²) in [5, 5.41) is 0.727. The quantitative estimate of drug-likeness (QED) is 0.778. The molecule has 0 radical (unpaired) electrons. The Balaban J connectivity index is 2.52. The first-order valence-corrected chi connectivity index (χ1v) is 5.71. The van der Waals surface area contributed by atoms with Gasteiger partial charge in [0.15, 0.2) is 5.82 Å². The van der Waals surface area contributed by atoms with E-state index in [0.29, 0.717) is 21.7 Å². The number of methoxy groups -OCH3 is 1. The van der Waals surface area contributed by atoms with Gasteiger partial charge in [0.1, 0.15) is 16.1 Å². The maximum atomic E-state index is 5.98. The van der Waals surface area contributed by atoms with E-state index in [9.17, 15) is 0 Å². The van der Waals surface area contributed by atoms with Crippen LogP contribution in [0.2, 0.25) is 10.3 Å². The van der Waals surface area contributed by atoms with Gasteiger partial charge in [-0.15, -0.1) is 0 Å². The largest absolute Gasteiger partial charge is 0.497 e. The lowest BCUT2D eigenvalue weighted by atomic mass is 10.2. The molecule has 0 bridgehead atoms. The smallest absolute Gasteiger partial charge is 0.162 e. The van der Waals surface area contributed by atoms with Crippen molar-refractivity contribution in [1.29, 1.82) is 0 Å². The summed E-state index contributed by atoms with van der Waals surface area (Å²) in [4.78, 5) is 8.39. The molecule has 3 nitrogen and oxygen atoms in total. The highest BCUT2D eigenvalue weighted by Gasteiger charge is 2.09. The molecule has 17 heavy (non-hydrogen) atoms. The van der Waals surface area contributed by atoms with Gasteiger partial charge < -0.3 is 4.74 Å². The SMILES string of the molecule is COc1cccc(-c2nc(Cl)c(C)c(Cl)n2)c1. The van der Waals surface area contributed by atoms with E-state index in [0.717, 1.165) is 11.3 Å². The van der Waals surface area contributed by atoms with E-state index in [1.54, 1.807) is 14.0 Å². The maximum Gasteiger partial charge on any atom is 0.162 e. The van der Waals surface area contributed by atoms with Gasteiger partial charge >= 0.3 is 0 Å². The standard InChI is InChI=1S/C12H10Cl2N2O/c1-7-10(13)15-12(16-11(7)14)8-4-3-5-9(6-8)17-2/h3-6H,1-2H3. The highest BCUT2D eigenvalue weighted by Crippen LogP contribution is 2.26. The average Bonchev–Trinajstić information content (AvgIpc) is 2.35. The van der Waals surface area contributed by atoms with E-state index >= 15 is 0 Å². The molecule has 0 saturated carbocycles. The Bertz CT molecular complexity index is 535. The Morgan fingerprint density at radius 3 is 2.35 bits per heavy atom. The highest BCUT2D eigenvalue weighted by atomic mass is 35.5. The van der Waals surface area contributed by atoms with Gasteiger partial charge in [-0.2, -0.15) is 0 Å². The van der Waals surface area contributed by atoms with Crippen LogP contribution in [0.1, 0.15) is 5.56 Å². The zero-order chi connectivity index (χ0) is 12.4. The second-order valence-corrected chi connectivity index (χ2v) is 4.20. The first-order chi connectivity index (χ1) is 8.11.